The van der Waals surface area contributed by atoms with E-state index in [0.717, 1.165) is 25.9 Å². The van der Waals surface area contributed by atoms with Gasteiger partial charge in [-0.1, -0.05) is 27.7 Å². The molecule has 5 heteroatoms. The van der Waals surface area contributed by atoms with Gasteiger partial charge in [0.15, 0.2) is 0 Å². The molecule has 0 aromatic rings. The van der Waals surface area contributed by atoms with E-state index in [1.807, 2.05) is 0 Å². The molecule has 0 rings (SSSR count). The fourth-order valence-corrected chi connectivity index (χ4v) is 2.47. The van der Waals surface area contributed by atoms with Crippen LogP contribution in [-0.4, -0.2) is 33.8 Å². The number of rotatable bonds is 10. The normalized spacial score (nSPS) is 12.9. The van der Waals surface area contributed by atoms with Gasteiger partial charge in [-0.05, 0) is 37.8 Å². The summed E-state index contributed by atoms with van der Waals surface area (Å²) in [4.78, 5) is 0. The molecule has 0 atom stereocenters. The number of nitrogens with one attached hydrogen (secondary N) is 2. The fraction of sp³-hybridized carbons (Fsp3) is 1.00. The van der Waals surface area contributed by atoms with E-state index in [0.29, 0.717) is 13.0 Å². The highest BCUT2D eigenvalue weighted by molar-refractivity contribution is 7.89. The van der Waals surface area contributed by atoms with Crippen molar-refractivity contribution in [3.63, 3.8) is 0 Å². The molecule has 0 radical (unpaired) electrons. The lowest BCUT2D eigenvalue weighted by atomic mass is 9.91. The van der Waals surface area contributed by atoms with E-state index in [1.165, 1.54) is 0 Å². The second-order valence-corrected chi connectivity index (χ2v) is 7.19. The second kappa shape index (κ2) is 8.06. The van der Waals surface area contributed by atoms with Crippen molar-refractivity contribution >= 4 is 10.0 Å². The summed E-state index contributed by atoms with van der Waals surface area (Å²) in [5.74, 6) is 0.212. The van der Waals surface area contributed by atoms with Crippen LogP contribution in [0.25, 0.3) is 0 Å². The number of sulfonamides is 1. The molecule has 0 saturated heterocycles. The van der Waals surface area contributed by atoms with Crippen LogP contribution in [-0.2, 0) is 10.0 Å². The maximum Gasteiger partial charge on any atom is 0.211 e. The molecule has 0 aromatic heterocycles. The molecule has 0 amide bonds. The number of hydrogen-bond donors (Lipinski definition) is 2. The molecule has 0 fully saturated rings. The Morgan fingerprint density at radius 3 is 2.29 bits per heavy atom. The summed E-state index contributed by atoms with van der Waals surface area (Å²) in [6.45, 7) is 10.5. The Morgan fingerprint density at radius 1 is 1.12 bits per heavy atom. The van der Waals surface area contributed by atoms with Gasteiger partial charge in [0.2, 0.25) is 10.0 Å². The lowest BCUT2D eigenvalue weighted by Gasteiger charge is -2.22. The zero-order valence-corrected chi connectivity index (χ0v) is 12.5. The Labute approximate surface area is 107 Å². The average Bonchev–Trinajstić information content (AvgIpc) is 2.27. The van der Waals surface area contributed by atoms with Gasteiger partial charge in [0.25, 0.3) is 0 Å². The predicted octanol–water partition coefficient (Wildman–Crippen LogP) is 1.73. The van der Waals surface area contributed by atoms with Crippen molar-refractivity contribution in [3.05, 3.63) is 0 Å². The van der Waals surface area contributed by atoms with Crippen molar-refractivity contribution in [2.45, 2.75) is 47.0 Å². The van der Waals surface area contributed by atoms with E-state index in [2.05, 4.69) is 37.7 Å². The first-order chi connectivity index (χ1) is 7.83. The molecular formula is C12H28N2O2S. The highest BCUT2D eigenvalue weighted by atomic mass is 32.2. The summed E-state index contributed by atoms with van der Waals surface area (Å²) in [5, 5.41) is 3.20. The van der Waals surface area contributed by atoms with Crippen LogP contribution < -0.4 is 10.0 Å². The molecule has 0 aliphatic rings. The molecule has 0 heterocycles. The van der Waals surface area contributed by atoms with Crippen LogP contribution in [0, 0.1) is 5.41 Å². The van der Waals surface area contributed by atoms with Crippen molar-refractivity contribution < 1.29 is 8.42 Å². The van der Waals surface area contributed by atoms with Crippen LogP contribution in [0.4, 0.5) is 0 Å². The quantitative estimate of drug-likeness (QED) is 0.591. The molecular weight excluding hydrogens is 236 g/mol. The van der Waals surface area contributed by atoms with E-state index >= 15 is 0 Å². The fourth-order valence-electron chi connectivity index (χ4n) is 1.19. The monoisotopic (exact) mass is 264 g/mol. The first-order valence-electron chi connectivity index (χ1n) is 6.51. The molecule has 0 saturated carbocycles. The van der Waals surface area contributed by atoms with E-state index in [-0.39, 0.29) is 11.2 Å². The molecule has 0 aromatic carbocycles. The standard InChI is InChI=1S/C12H28N2O2S/c1-5-8-13-9-7-10-17(15,16)14-11-12(3,4)6-2/h13-14H,5-11H2,1-4H3. The Hall–Kier alpha value is -0.130. The van der Waals surface area contributed by atoms with Crippen LogP contribution in [0.2, 0.25) is 0 Å². The van der Waals surface area contributed by atoms with Gasteiger partial charge in [-0.25, -0.2) is 13.1 Å². The molecule has 0 unspecified atom stereocenters. The third kappa shape index (κ3) is 9.56. The highest BCUT2D eigenvalue weighted by Gasteiger charge is 2.18. The van der Waals surface area contributed by atoms with E-state index in [1.54, 1.807) is 0 Å². The molecule has 0 aliphatic heterocycles. The summed E-state index contributed by atoms with van der Waals surface area (Å²) in [7, 11) is -3.10. The van der Waals surface area contributed by atoms with Gasteiger partial charge < -0.3 is 5.32 Å². The van der Waals surface area contributed by atoms with Crippen LogP contribution in [0.3, 0.4) is 0 Å². The molecule has 4 nitrogen and oxygen atoms in total. The molecule has 0 aliphatic carbocycles. The van der Waals surface area contributed by atoms with E-state index in [9.17, 15) is 8.42 Å². The third-order valence-corrected chi connectivity index (χ3v) is 4.33. The maximum absolute atomic E-state index is 11.7. The van der Waals surface area contributed by atoms with Gasteiger partial charge >= 0.3 is 0 Å². The van der Waals surface area contributed by atoms with Crippen molar-refractivity contribution in [2.24, 2.45) is 5.41 Å². The number of hydrogen-bond acceptors (Lipinski definition) is 3. The first-order valence-corrected chi connectivity index (χ1v) is 8.16. The topological polar surface area (TPSA) is 58.2 Å². The summed E-state index contributed by atoms with van der Waals surface area (Å²) >= 11 is 0. The lowest BCUT2D eigenvalue weighted by Crippen LogP contribution is -2.35. The van der Waals surface area contributed by atoms with Crippen LogP contribution in [0.1, 0.15) is 47.0 Å². The van der Waals surface area contributed by atoms with Crippen LogP contribution in [0.15, 0.2) is 0 Å². The van der Waals surface area contributed by atoms with Gasteiger partial charge in [0.1, 0.15) is 0 Å². The Bertz CT molecular complexity index is 287. The van der Waals surface area contributed by atoms with E-state index in [4.69, 9.17) is 0 Å². The minimum Gasteiger partial charge on any atom is -0.317 e. The van der Waals surface area contributed by atoms with Gasteiger partial charge in [-0.3, -0.25) is 0 Å². The molecule has 0 spiro atoms. The van der Waals surface area contributed by atoms with Gasteiger partial charge in [0.05, 0.1) is 5.75 Å². The SMILES string of the molecule is CCCNCCCS(=O)(=O)NCC(C)(C)CC. The maximum atomic E-state index is 11.7. The van der Waals surface area contributed by atoms with E-state index < -0.39 is 10.0 Å². The molecule has 0 bridgehead atoms. The van der Waals surface area contributed by atoms with Gasteiger partial charge in [0, 0.05) is 6.54 Å². The summed E-state index contributed by atoms with van der Waals surface area (Å²) < 4.78 is 26.1. The van der Waals surface area contributed by atoms with Crippen molar-refractivity contribution in [3.8, 4) is 0 Å². The molecule has 17 heavy (non-hydrogen) atoms. The van der Waals surface area contributed by atoms with Crippen LogP contribution in [0.5, 0.6) is 0 Å². The summed E-state index contributed by atoms with van der Waals surface area (Å²) in [6.07, 6.45) is 2.71. The van der Waals surface area contributed by atoms with Crippen LogP contribution >= 0.6 is 0 Å². The molecule has 2 N–H and O–H groups in total. The second-order valence-electron chi connectivity index (χ2n) is 5.26. The third-order valence-electron chi connectivity index (χ3n) is 2.92. The first kappa shape index (κ1) is 16.9. The molecule has 104 valence electrons. The zero-order chi connectivity index (χ0) is 13.4. The average molecular weight is 264 g/mol. The largest absolute Gasteiger partial charge is 0.317 e. The lowest BCUT2D eigenvalue weighted by molar-refractivity contribution is 0.350. The predicted molar refractivity (Wildman–Crippen MR) is 73.6 cm³/mol. The van der Waals surface area contributed by atoms with Crippen molar-refractivity contribution in [1.82, 2.24) is 10.0 Å². The Morgan fingerprint density at radius 2 is 1.76 bits per heavy atom. The van der Waals surface area contributed by atoms with Crippen molar-refractivity contribution in [1.29, 1.82) is 0 Å². The smallest absolute Gasteiger partial charge is 0.211 e. The van der Waals surface area contributed by atoms with Gasteiger partial charge in [-0.2, -0.15) is 0 Å². The summed E-state index contributed by atoms with van der Waals surface area (Å²) in [6, 6.07) is 0. The van der Waals surface area contributed by atoms with Crippen molar-refractivity contribution in [2.75, 3.05) is 25.4 Å². The Balaban J connectivity index is 3.81. The highest BCUT2D eigenvalue weighted by Crippen LogP contribution is 2.18. The Kier molecular flexibility index (Phi) is 8.00. The van der Waals surface area contributed by atoms with Gasteiger partial charge in [-0.15, -0.1) is 0 Å². The zero-order valence-electron chi connectivity index (χ0n) is 11.7. The summed E-state index contributed by atoms with van der Waals surface area (Å²) in [5.41, 5.74) is 0.0352. The minimum absolute atomic E-state index is 0.0352. The minimum atomic E-state index is -3.10.